The highest BCUT2D eigenvalue weighted by Crippen LogP contribution is 2.20. The molecule has 1 saturated heterocycles. The molecule has 1 aliphatic heterocycles. The summed E-state index contributed by atoms with van der Waals surface area (Å²) in [6.45, 7) is 13.1. The summed E-state index contributed by atoms with van der Waals surface area (Å²) < 4.78 is 5.57. The molecule has 28 heavy (non-hydrogen) atoms. The molecule has 1 aliphatic rings. The first kappa shape index (κ1) is 22.7. The third-order valence-electron chi connectivity index (χ3n) is 4.72. The third-order valence-corrected chi connectivity index (χ3v) is 5.59. The van der Waals surface area contributed by atoms with Gasteiger partial charge in [0.05, 0.1) is 13.1 Å². The maximum absolute atomic E-state index is 12.6. The van der Waals surface area contributed by atoms with Crippen LogP contribution in [0.5, 0.6) is 0 Å². The Balaban J connectivity index is 1.83. The van der Waals surface area contributed by atoms with Gasteiger partial charge in [0.2, 0.25) is 5.91 Å². The molecule has 1 N–H and O–H groups in total. The van der Waals surface area contributed by atoms with E-state index in [9.17, 15) is 9.59 Å². The minimum Gasteiger partial charge on any atom is -0.444 e. The minimum atomic E-state index is -0.497. The molecule has 2 rings (SSSR count). The number of hydrogen-bond acceptors (Lipinski definition) is 5. The topological polar surface area (TPSA) is 61.9 Å². The van der Waals surface area contributed by atoms with Gasteiger partial charge in [0.1, 0.15) is 5.60 Å². The van der Waals surface area contributed by atoms with E-state index in [4.69, 9.17) is 4.74 Å². The monoisotopic (exact) mass is 409 g/mol. The molecule has 1 fully saturated rings. The smallest absolute Gasteiger partial charge is 0.410 e. The van der Waals surface area contributed by atoms with Gasteiger partial charge in [-0.1, -0.05) is 6.07 Å². The van der Waals surface area contributed by atoms with Crippen LogP contribution in [-0.2, 0) is 16.1 Å². The predicted octanol–water partition coefficient (Wildman–Crippen LogP) is 3.72. The molecule has 6 nitrogen and oxygen atoms in total. The van der Waals surface area contributed by atoms with Gasteiger partial charge >= 0.3 is 6.09 Å². The van der Waals surface area contributed by atoms with Crippen LogP contribution < -0.4 is 5.32 Å². The Kier molecular flexibility index (Phi) is 8.31. The molecule has 0 spiro atoms. The van der Waals surface area contributed by atoms with Crippen molar-refractivity contribution in [3.8, 4) is 0 Å². The molecular weight excluding hydrogens is 374 g/mol. The molecular formula is C21H35N3O3S. The van der Waals surface area contributed by atoms with Gasteiger partial charge in [0, 0.05) is 24.0 Å². The molecule has 158 valence electrons. The summed E-state index contributed by atoms with van der Waals surface area (Å²) in [6.07, 6.45) is 1.86. The van der Waals surface area contributed by atoms with E-state index in [0.717, 1.165) is 30.8 Å². The average Bonchev–Trinajstić information content (AvgIpc) is 3.10. The van der Waals surface area contributed by atoms with Crippen molar-refractivity contribution in [1.82, 2.24) is 15.1 Å². The zero-order valence-electron chi connectivity index (χ0n) is 17.9. The number of ether oxygens (including phenoxy) is 1. The van der Waals surface area contributed by atoms with Crippen molar-refractivity contribution in [3.63, 3.8) is 0 Å². The molecule has 1 atom stereocenters. The van der Waals surface area contributed by atoms with E-state index in [1.165, 1.54) is 0 Å². The van der Waals surface area contributed by atoms with Gasteiger partial charge in [-0.15, -0.1) is 11.3 Å². The summed E-state index contributed by atoms with van der Waals surface area (Å²) in [6, 6.07) is 4.10. The molecule has 1 aromatic heterocycles. The van der Waals surface area contributed by atoms with Crippen LogP contribution in [0.2, 0.25) is 0 Å². The molecule has 0 radical (unpaired) electrons. The van der Waals surface area contributed by atoms with Crippen LogP contribution in [-0.4, -0.2) is 59.6 Å². The number of rotatable bonds is 7. The number of hydrogen-bond donors (Lipinski definition) is 1. The van der Waals surface area contributed by atoms with Crippen LogP contribution >= 0.6 is 11.3 Å². The highest BCUT2D eigenvalue weighted by atomic mass is 32.1. The summed E-state index contributed by atoms with van der Waals surface area (Å²) in [7, 11) is 0. The predicted molar refractivity (Wildman–Crippen MR) is 113 cm³/mol. The van der Waals surface area contributed by atoms with Gasteiger partial charge in [-0.3, -0.25) is 9.69 Å². The summed E-state index contributed by atoms with van der Waals surface area (Å²) in [5.41, 5.74) is -0.497. The van der Waals surface area contributed by atoms with Gasteiger partial charge in [-0.25, -0.2) is 4.79 Å². The van der Waals surface area contributed by atoms with E-state index in [1.54, 1.807) is 11.3 Å². The number of nitrogens with zero attached hydrogens (tertiary/aromatic N) is 2. The molecule has 1 aromatic rings. The lowest BCUT2D eigenvalue weighted by molar-refractivity contribution is -0.122. The first-order chi connectivity index (χ1) is 13.1. The van der Waals surface area contributed by atoms with Crippen LogP contribution in [0, 0.1) is 5.92 Å². The number of amides is 2. The second-order valence-corrected chi connectivity index (χ2v) is 9.86. The lowest BCUT2D eigenvalue weighted by atomic mass is 9.97. The van der Waals surface area contributed by atoms with Gasteiger partial charge in [0.15, 0.2) is 0 Å². The van der Waals surface area contributed by atoms with Crippen molar-refractivity contribution in [1.29, 1.82) is 0 Å². The van der Waals surface area contributed by atoms with Gasteiger partial charge < -0.3 is 15.0 Å². The Bertz CT molecular complexity index is 625. The Labute approximate surface area is 173 Å². The average molecular weight is 410 g/mol. The van der Waals surface area contributed by atoms with Crippen molar-refractivity contribution in [2.75, 3.05) is 26.2 Å². The summed E-state index contributed by atoms with van der Waals surface area (Å²) >= 11 is 1.65. The van der Waals surface area contributed by atoms with Gasteiger partial charge in [-0.05, 0) is 71.4 Å². The van der Waals surface area contributed by atoms with Gasteiger partial charge in [-0.2, -0.15) is 0 Å². The van der Waals surface area contributed by atoms with Crippen molar-refractivity contribution >= 4 is 23.3 Å². The van der Waals surface area contributed by atoms with E-state index in [2.05, 4.69) is 10.2 Å². The summed E-state index contributed by atoms with van der Waals surface area (Å²) in [4.78, 5) is 30.0. The quantitative estimate of drug-likeness (QED) is 0.745. The molecule has 0 unspecified atom stereocenters. The normalized spacial score (nSPS) is 18.1. The Morgan fingerprint density at radius 3 is 2.75 bits per heavy atom. The maximum atomic E-state index is 12.6. The molecule has 0 aromatic carbocycles. The number of nitrogens with one attached hydrogen (secondary N) is 1. The Morgan fingerprint density at radius 2 is 2.14 bits per heavy atom. The molecule has 7 heteroatoms. The number of piperidine rings is 1. The standard InChI is InChI=1S/C21H35N3O3S/c1-16(2)24(20(26)27-21(3,4)5)14-17-8-6-10-23(13-17)15-19(25)22-12-18-9-7-11-28-18/h7,9,11,16-17H,6,8,10,12-15H2,1-5H3,(H,22,25)/t17-/m0/s1. The Morgan fingerprint density at radius 1 is 1.39 bits per heavy atom. The first-order valence-corrected chi connectivity index (χ1v) is 11.0. The molecule has 2 amide bonds. The van der Waals surface area contributed by atoms with Crippen molar-refractivity contribution < 1.29 is 14.3 Å². The summed E-state index contributed by atoms with van der Waals surface area (Å²) in [5.74, 6) is 0.413. The van der Waals surface area contributed by atoms with E-state index in [0.29, 0.717) is 25.6 Å². The maximum Gasteiger partial charge on any atom is 0.410 e. The fraction of sp³-hybridized carbons (Fsp3) is 0.714. The zero-order chi connectivity index (χ0) is 20.7. The van der Waals surface area contributed by atoms with Gasteiger partial charge in [0.25, 0.3) is 0 Å². The van der Waals surface area contributed by atoms with Crippen LogP contribution in [0.15, 0.2) is 17.5 Å². The van der Waals surface area contributed by atoms with Crippen molar-refractivity contribution in [2.45, 2.75) is 65.6 Å². The van der Waals surface area contributed by atoms with Crippen LogP contribution in [0.3, 0.4) is 0 Å². The third kappa shape index (κ3) is 7.80. The van der Waals surface area contributed by atoms with E-state index in [-0.39, 0.29) is 18.0 Å². The summed E-state index contributed by atoms with van der Waals surface area (Å²) in [5, 5.41) is 5.01. The number of thiophene rings is 1. The highest BCUT2D eigenvalue weighted by molar-refractivity contribution is 7.09. The number of likely N-dealkylation sites (tertiary alicyclic amines) is 1. The van der Waals surface area contributed by atoms with E-state index in [1.807, 2.05) is 57.0 Å². The number of carbonyl (C=O) groups is 2. The van der Waals surface area contributed by atoms with Crippen molar-refractivity contribution in [2.24, 2.45) is 5.92 Å². The Hall–Kier alpha value is -1.60. The fourth-order valence-electron chi connectivity index (χ4n) is 3.40. The minimum absolute atomic E-state index is 0.0573. The zero-order valence-corrected chi connectivity index (χ0v) is 18.7. The lowest BCUT2D eigenvalue weighted by Gasteiger charge is -2.37. The van der Waals surface area contributed by atoms with Crippen LogP contribution in [0.4, 0.5) is 4.79 Å². The van der Waals surface area contributed by atoms with Crippen LogP contribution in [0.25, 0.3) is 0 Å². The van der Waals surface area contributed by atoms with E-state index >= 15 is 0 Å². The second-order valence-electron chi connectivity index (χ2n) is 8.83. The molecule has 0 bridgehead atoms. The fourth-order valence-corrected chi connectivity index (χ4v) is 4.04. The largest absolute Gasteiger partial charge is 0.444 e. The van der Waals surface area contributed by atoms with E-state index < -0.39 is 5.60 Å². The molecule has 0 aliphatic carbocycles. The van der Waals surface area contributed by atoms with Crippen LogP contribution in [0.1, 0.15) is 52.3 Å². The molecule has 2 heterocycles. The lowest BCUT2D eigenvalue weighted by Crippen LogP contribution is -2.48. The second kappa shape index (κ2) is 10.3. The van der Waals surface area contributed by atoms with Crippen molar-refractivity contribution in [3.05, 3.63) is 22.4 Å². The first-order valence-electron chi connectivity index (χ1n) is 10.1. The SMILES string of the molecule is CC(C)N(C[C@H]1CCCN(CC(=O)NCc2cccs2)C1)C(=O)OC(C)(C)C. The number of carbonyl (C=O) groups excluding carboxylic acids is 2. The molecule has 0 saturated carbocycles. The highest BCUT2D eigenvalue weighted by Gasteiger charge is 2.29.